The average molecular weight is 479 g/mol. The molecule has 0 fully saturated rings. The summed E-state index contributed by atoms with van der Waals surface area (Å²) in [5.74, 6) is 1.17. The highest BCUT2D eigenvalue weighted by molar-refractivity contribution is 5.99. The number of carbonyl (C=O) groups excluding carboxylic acids is 1. The van der Waals surface area contributed by atoms with E-state index in [0.29, 0.717) is 48.6 Å². The van der Waals surface area contributed by atoms with Gasteiger partial charge in [0.05, 0.1) is 30.2 Å². The Morgan fingerprint density at radius 2 is 1.74 bits per heavy atom. The van der Waals surface area contributed by atoms with Crippen molar-refractivity contribution in [3.63, 3.8) is 0 Å². The number of fused-ring (bicyclic) bond motifs is 2. The van der Waals surface area contributed by atoms with Crippen LogP contribution in [-0.2, 0) is 0 Å². The molecule has 0 saturated heterocycles. The average Bonchev–Trinajstić information content (AvgIpc) is 3.15. The summed E-state index contributed by atoms with van der Waals surface area (Å²) in [6.07, 6.45) is 0.893. The molecule has 2 aromatic carbocycles. The van der Waals surface area contributed by atoms with Crippen LogP contribution in [0.5, 0.6) is 11.5 Å². The SMILES string of the molecule is CCCOc1cccc(C2c3c(oc4cc(OCC)ccc4c3=O)C(=O)N2CCN(CC)CC)c1. The Bertz CT molecular complexity index is 1250. The van der Waals surface area contributed by atoms with E-state index in [1.54, 1.807) is 23.1 Å². The Morgan fingerprint density at radius 1 is 0.971 bits per heavy atom. The Morgan fingerprint density at radius 3 is 2.46 bits per heavy atom. The predicted octanol–water partition coefficient (Wildman–Crippen LogP) is 4.87. The van der Waals surface area contributed by atoms with Crippen molar-refractivity contribution in [2.45, 2.75) is 40.2 Å². The van der Waals surface area contributed by atoms with Gasteiger partial charge in [-0.15, -0.1) is 0 Å². The van der Waals surface area contributed by atoms with E-state index in [1.165, 1.54) is 0 Å². The molecule has 0 saturated carbocycles. The van der Waals surface area contributed by atoms with Crippen molar-refractivity contribution in [3.05, 3.63) is 69.6 Å². The van der Waals surface area contributed by atoms with Crippen molar-refractivity contribution < 1.29 is 18.7 Å². The van der Waals surface area contributed by atoms with Crippen molar-refractivity contribution in [1.29, 1.82) is 0 Å². The van der Waals surface area contributed by atoms with Crippen molar-refractivity contribution in [1.82, 2.24) is 9.80 Å². The van der Waals surface area contributed by atoms with Gasteiger partial charge in [-0.05, 0) is 56.3 Å². The number of nitrogens with zero attached hydrogens (tertiary/aromatic N) is 2. The highest BCUT2D eigenvalue weighted by Gasteiger charge is 2.42. The van der Waals surface area contributed by atoms with Crippen LogP contribution in [0.15, 0.2) is 51.7 Å². The largest absolute Gasteiger partial charge is 0.494 e. The van der Waals surface area contributed by atoms with E-state index in [-0.39, 0.29) is 17.1 Å². The van der Waals surface area contributed by atoms with Crippen LogP contribution >= 0.6 is 0 Å². The van der Waals surface area contributed by atoms with Gasteiger partial charge in [-0.3, -0.25) is 9.59 Å². The van der Waals surface area contributed by atoms with Crippen LogP contribution in [0, 0.1) is 0 Å². The van der Waals surface area contributed by atoms with E-state index < -0.39 is 6.04 Å². The van der Waals surface area contributed by atoms with Gasteiger partial charge in [0.2, 0.25) is 5.76 Å². The summed E-state index contributed by atoms with van der Waals surface area (Å²) in [6, 6.07) is 12.3. The monoisotopic (exact) mass is 478 g/mol. The van der Waals surface area contributed by atoms with Crippen LogP contribution in [0.25, 0.3) is 11.0 Å². The Hall–Kier alpha value is -3.32. The quantitative estimate of drug-likeness (QED) is 0.392. The summed E-state index contributed by atoms with van der Waals surface area (Å²) in [6.45, 7) is 12.2. The van der Waals surface area contributed by atoms with Gasteiger partial charge in [0.15, 0.2) is 5.43 Å². The minimum Gasteiger partial charge on any atom is -0.494 e. The van der Waals surface area contributed by atoms with Gasteiger partial charge in [0.25, 0.3) is 5.91 Å². The first-order chi connectivity index (χ1) is 17.0. The Kier molecular flexibility index (Phi) is 7.76. The standard InChI is InChI=1S/C28H34N2O5/c1-5-16-34-20-11-9-10-19(17-20)25-24-26(31)22-13-12-21(33-8-4)18-23(22)35-27(24)28(32)30(25)15-14-29(6-2)7-3/h9-13,17-18,25H,5-8,14-16H2,1-4H3. The van der Waals surface area contributed by atoms with Crippen LogP contribution < -0.4 is 14.9 Å². The molecule has 1 amide bonds. The molecule has 0 aliphatic carbocycles. The van der Waals surface area contributed by atoms with Crippen LogP contribution in [0.2, 0.25) is 0 Å². The first-order valence-electron chi connectivity index (χ1n) is 12.5. The van der Waals surface area contributed by atoms with E-state index in [1.807, 2.05) is 31.2 Å². The second-order valence-electron chi connectivity index (χ2n) is 8.61. The topological polar surface area (TPSA) is 72.2 Å². The van der Waals surface area contributed by atoms with Crippen LogP contribution in [0.3, 0.4) is 0 Å². The molecule has 3 aromatic rings. The lowest BCUT2D eigenvalue weighted by Gasteiger charge is -2.28. The molecule has 35 heavy (non-hydrogen) atoms. The molecule has 7 nitrogen and oxygen atoms in total. The molecule has 0 spiro atoms. The molecule has 1 aliphatic rings. The zero-order valence-corrected chi connectivity index (χ0v) is 21.0. The molecule has 0 radical (unpaired) electrons. The third kappa shape index (κ3) is 4.91. The fourth-order valence-corrected chi connectivity index (χ4v) is 4.62. The van der Waals surface area contributed by atoms with E-state index >= 15 is 0 Å². The fourth-order valence-electron chi connectivity index (χ4n) is 4.62. The number of benzene rings is 2. The molecule has 1 aliphatic heterocycles. The summed E-state index contributed by atoms with van der Waals surface area (Å²) in [4.78, 5) is 31.4. The van der Waals surface area contributed by atoms with E-state index in [0.717, 1.165) is 30.8 Å². The normalized spacial score (nSPS) is 15.2. The zero-order valence-electron chi connectivity index (χ0n) is 21.0. The van der Waals surface area contributed by atoms with Gasteiger partial charge in [0.1, 0.15) is 17.1 Å². The predicted molar refractivity (Wildman–Crippen MR) is 137 cm³/mol. The number of carbonyl (C=O) groups is 1. The first kappa shape index (κ1) is 24.8. The van der Waals surface area contributed by atoms with Gasteiger partial charge in [-0.2, -0.15) is 0 Å². The molecule has 1 aromatic heterocycles. The summed E-state index contributed by atoms with van der Waals surface area (Å²) in [5, 5.41) is 0.439. The number of ether oxygens (including phenoxy) is 2. The summed E-state index contributed by atoms with van der Waals surface area (Å²) in [5.41, 5.74) is 1.40. The van der Waals surface area contributed by atoms with Gasteiger partial charge >= 0.3 is 0 Å². The third-order valence-electron chi connectivity index (χ3n) is 6.45. The maximum Gasteiger partial charge on any atom is 0.290 e. The molecular weight excluding hydrogens is 444 g/mol. The minimum atomic E-state index is -0.537. The molecule has 0 bridgehead atoms. The lowest BCUT2D eigenvalue weighted by atomic mass is 9.98. The highest BCUT2D eigenvalue weighted by Crippen LogP contribution is 2.39. The van der Waals surface area contributed by atoms with Gasteiger partial charge in [-0.1, -0.05) is 32.9 Å². The molecule has 4 rings (SSSR count). The van der Waals surface area contributed by atoms with E-state index in [9.17, 15) is 9.59 Å². The summed E-state index contributed by atoms with van der Waals surface area (Å²) in [7, 11) is 0. The number of amides is 1. The number of likely N-dealkylation sites (N-methyl/N-ethyl adjacent to an activating group) is 1. The van der Waals surface area contributed by atoms with Crippen LogP contribution in [0.1, 0.15) is 61.8 Å². The number of rotatable bonds is 11. The van der Waals surface area contributed by atoms with Crippen molar-refractivity contribution >= 4 is 16.9 Å². The van der Waals surface area contributed by atoms with Crippen LogP contribution in [-0.4, -0.2) is 55.1 Å². The third-order valence-corrected chi connectivity index (χ3v) is 6.45. The van der Waals surface area contributed by atoms with E-state index in [4.69, 9.17) is 13.9 Å². The molecule has 0 N–H and O–H groups in total. The molecule has 186 valence electrons. The molecule has 7 heteroatoms. The molecule has 2 heterocycles. The summed E-state index contributed by atoms with van der Waals surface area (Å²) >= 11 is 0. The zero-order chi connectivity index (χ0) is 24.9. The second-order valence-corrected chi connectivity index (χ2v) is 8.61. The maximum atomic E-state index is 13.8. The molecule has 1 unspecified atom stereocenters. The Balaban J connectivity index is 1.83. The smallest absolute Gasteiger partial charge is 0.290 e. The van der Waals surface area contributed by atoms with Crippen LogP contribution in [0.4, 0.5) is 0 Å². The number of hydrogen-bond donors (Lipinski definition) is 0. The van der Waals surface area contributed by atoms with Crippen molar-refractivity contribution in [3.8, 4) is 11.5 Å². The Labute approximate surface area is 206 Å². The summed E-state index contributed by atoms with van der Waals surface area (Å²) < 4.78 is 17.5. The minimum absolute atomic E-state index is 0.112. The molecular formula is C28H34N2O5. The lowest BCUT2D eigenvalue weighted by Crippen LogP contribution is -2.37. The maximum absolute atomic E-state index is 13.8. The first-order valence-corrected chi connectivity index (χ1v) is 12.5. The fraction of sp³-hybridized carbons (Fsp3) is 0.429. The molecule has 1 atom stereocenters. The lowest BCUT2D eigenvalue weighted by molar-refractivity contribution is 0.0708. The highest BCUT2D eigenvalue weighted by atomic mass is 16.5. The van der Waals surface area contributed by atoms with Gasteiger partial charge < -0.3 is 23.7 Å². The van der Waals surface area contributed by atoms with Gasteiger partial charge in [0, 0.05) is 19.2 Å². The van der Waals surface area contributed by atoms with Gasteiger partial charge in [-0.25, -0.2) is 0 Å². The second kappa shape index (κ2) is 11.0. The number of hydrogen-bond acceptors (Lipinski definition) is 6. The van der Waals surface area contributed by atoms with Crippen molar-refractivity contribution in [2.24, 2.45) is 0 Å². The van der Waals surface area contributed by atoms with Crippen molar-refractivity contribution in [2.75, 3.05) is 39.4 Å². The van der Waals surface area contributed by atoms with E-state index in [2.05, 4.69) is 25.7 Å².